The van der Waals surface area contributed by atoms with Crippen molar-refractivity contribution in [3.05, 3.63) is 80.9 Å². The van der Waals surface area contributed by atoms with Crippen LogP contribution in [0.15, 0.2) is 48.5 Å². The Morgan fingerprint density at radius 2 is 1.91 bits per heavy atom. The van der Waals surface area contributed by atoms with Gasteiger partial charge >= 0.3 is 0 Å². The summed E-state index contributed by atoms with van der Waals surface area (Å²) in [7, 11) is 0. The van der Waals surface area contributed by atoms with Gasteiger partial charge in [-0.3, -0.25) is 14.9 Å². The maximum absolute atomic E-state index is 12.2. The molecule has 110 valence electrons. The Morgan fingerprint density at radius 3 is 2.73 bits per heavy atom. The predicted octanol–water partition coefficient (Wildman–Crippen LogP) is 3.98. The summed E-state index contributed by atoms with van der Waals surface area (Å²) in [5.74, 6) is -0.0822. The summed E-state index contributed by atoms with van der Waals surface area (Å²) in [4.78, 5) is 22.5. The van der Waals surface area contributed by atoms with Gasteiger partial charge in [0.1, 0.15) is 0 Å². The molecule has 4 heteroatoms. The van der Waals surface area contributed by atoms with Crippen LogP contribution in [0, 0.1) is 10.1 Å². The number of rotatable bonds is 4. The van der Waals surface area contributed by atoms with Gasteiger partial charge in [0.15, 0.2) is 5.78 Å². The van der Waals surface area contributed by atoms with E-state index < -0.39 is 4.92 Å². The molecule has 1 aliphatic carbocycles. The van der Waals surface area contributed by atoms with Crippen LogP contribution in [0.1, 0.15) is 33.5 Å². The fourth-order valence-electron chi connectivity index (χ4n) is 2.74. The van der Waals surface area contributed by atoms with E-state index >= 15 is 0 Å². The molecule has 0 atom stereocenters. The summed E-state index contributed by atoms with van der Waals surface area (Å²) in [5, 5.41) is 10.7. The minimum atomic E-state index is -0.445. The lowest BCUT2D eigenvalue weighted by Crippen LogP contribution is -1.96. The van der Waals surface area contributed by atoms with Gasteiger partial charge in [-0.1, -0.05) is 30.3 Å². The zero-order chi connectivity index (χ0) is 15.5. The zero-order valence-corrected chi connectivity index (χ0v) is 12.0. The van der Waals surface area contributed by atoms with Crippen LogP contribution in [0.25, 0.3) is 6.08 Å². The van der Waals surface area contributed by atoms with Gasteiger partial charge in [0.2, 0.25) is 0 Å². The second kappa shape index (κ2) is 5.93. The van der Waals surface area contributed by atoms with Gasteiger partial charge in [-0.15, -0.1) is 0 Å². The van der Waals surface area contributed by atoms with E-state index in [0.717, 1.165) is 19.3 Å². The van der Waals surface area contributed by atoms with Crippen molar-refractivity contribution in [2.24, 2.45) is 0 Å². The average Bonchev–Trinajstić information content (AvgIpc) is 3.00. The van der Waals surface area contributed by atoms with Crippen molar-refractivity contribution in [3.63, 3.8) is 0 Å². The van der Waals surface area contributed by atoms with Crippen molar-refractivity contribution in [3.8, 4) is 0 Å². The monoisotopic (exact) mass is 293 g/mol. The van der Waals surface area contributed by atoms with Crippen molar-refractivity contribution in [2.75, 3.05) is 0 Å². The topological polar surface area (TPSA) is 60.2 Å². The van der Waals surface area contributed by atoms with E-state index in [9.17, 15) is 14.9 Å². The molecule has 3 rings (SSSR count). The molecule has 22 heavy (non-hydrogen) atoms. The normalized spacial score (nSPS) is 13.3. The largest absolute Gasteiger partial charge is 0.289 e. The van der Waals surface area contributed by atoms with Gasteiger partial charge in [0, 0.05) is 17.7 Å². The first kappa shape index (κ1) is 14.2. The maximum atomic E-state index is 12.2. The molecule has 0 unspecified atom stereocenters. The maximum Gasteiger partial charge on any atom is 0.270 e. The molecule has 0 N–H and O–H groups in total. The lowest BCUT2D eigenvalue weighted by atomic mass is 10.0. The van der Waals surface area contributed by atoms with E-state index in [1.807, 2.05) is 18.2 Å². The third-order valence-electron chi connectivity index (χ3n) is 3.89. The van der Waals surface area contributed by atoms with Gasteiger partial charge < -0.3 is 0 Å². The third kappa shape index (κ3) is 2.96. The SMILES string of the molecule is O=C(/C=C/c1cccc([N+](=O)[O-])c1)c1ccc2c(c1)CCC2. The van der Waals surface area contributed by atoms with Gasteiger partial charge in [-0.25, -0.2) is 0 Å². The number of hydrogen-bond donors (Lipinski definition) is 0. The fourth-order valence-corrected chi connectivity index (χ4v) is 2.74. The minimum absolute atomic E-state index is 0.0205. The zero-order valence-electron chi connectivity index (χ0n) is 12.0. The molecule has 0 amide bonds. The van der Waals surface area contributed by atoms with E-state index in [1.54, 1.807) is 18.2 Å². The number of aryl methyl sites for hydroxylation is 2. The summed E-state index contributed by atoms with van der Waals surface area (Å²) in [6.07, 6.45) is 6.35. The van der Waals surface area contributed by atoms with Crippen molar-refractivity contribution in [1.29, 1.82) is 0 Å². The Balaban J connectivity index is 1.79. The Labute approximate surface area is 128 Å². The number of fused-ring (bicyclic) bond motifs is 1. The fraction of sp³-hybridized carbons (Fsp3) is 0.167. The summed E-state index contributed by atoms with van der Waals surface area (Å²) in [6.45, 7) is 0. The number of benzene rings is 2. The standard InChI is InChI=1S/C18H15NO3/c20-18(16-9-8-14-4-2-5-15(14)12-16)10-7-13-3-1-6-17(11-13)19(21)22/h1,3,6-12H,2,4-5H2/b10-7+. The molecule has 0 aromatic heterocycles. The molecule has 0 radical (unpaired) electrons. The molecule has 0 saturated heterocycles. The van der Waals surface area contributed by atoms with E-state index in [2.05, 4.69) is 0 Å². The highest BCUT2D eigenvalue weighted by Crippen LogP contribution is 2.23. The first-order chi connectivity index (χ1) is 10.6. The van der Waals surface area contributed by atoms with Crippen LogP contribution in [0.3, 0.4) is 0 Å². The van der Waals surface area contributed by atoms with E-state index in [1.165, 1.54) is 29.3 Å². The second-order valence-electron chi connectivity index (χ2n) is 5.39. The summed E-state index contributed by atoms with van der Waals surface area (Å²) >= 11 is 0. The van der Waals surface area contributed by atoms with Crippen molar-refractivity contribution < 1.29 is 9.72 Å². The number of non-ortho nitro benzene ring substituents is 1. The first-order valence-electron chi connectivity index (χ1n) is 7.22. The Kier molecular flexibility index (Phi) is 3.83. The molecule has 0 bridgehead atoms. The summed E-state index contributed by atoms with van der Waals surface area (Å²) in [5.41, 5.74) is 3.92. The minimum Gasteiger partial charge on any atom is -0.289 e. The highest BCUT2D eigenvalue weighted by molar-refractivity contribution is 6.07. The van der Waals surface area contributed by atoms with Crippen LogP contribution in [0.4, 0.5) is 5.69 Å². The number of nitrogens with zero attached hydrogens (tertiary/aromatic N) is 1. The van der Waals surface area contributed by atoms with Crippen molar-refractivity contribution >= 4 is 17.5 Å². The van der Waals surface area contributed by atoms with Crippen LogP contribution in [-0.4, -0.2) is 10.7 Å². The van der Waals surface area contributed by atoms with E-state index in [0.29, 0.717) is 11.1 Å². The molecule has 1 aliphatic rings. The molecule has 2 aromatic rings. The highest BCUT2D eigenvalue weighted by atomic mass is 16.6. The van der Waals surface area contributed by atoms with Crippen LogP contribution in [-0.2, 0) is 12.8 Å². The smallest absolute Gasteiger partial charge is 0.270 e. The third-order valence-corrected chi connectivity index (χ3v) is 3.89. The highest BCUT2D eigenvalue weighted by Gasteiger charge is 2.12. The quantitative estimate of drug-likeness (QED) is 0.371. The van der Waals surface area contributed by atoms with Crippen LogP contribution in [0.5, 0.6) is 0 Å². The van der Waals surface area contributed by atoms with Gasteiger partial charge in [-0.2, -0.15) is 0 Å². The predicted molar refractivity (Wildman–Crippen MR) is 84.9 cm³/mol. The molecule has 0 aliphatic heterocycles. The summed E-state index contributed by atoms with van der Waals surface area (Å²) in [6, 6.07) is 12.1. The molecular formula is C18H15NO3. The first-order valence-corrected chi connectivity index (χ1v) is 7.22. The lowest BCUT2D eigenvalue weighted by Gasteiger charge is -2.01. The number of hydrogen-bond acceptors (Lipinski definition) is 3. The summed E-state index contributed by atoms with van der Waals surface area (Å²) < 4.78 is 0. The molecule has 0 fully saturated rings. The molecule has 4 nitrogen and oxygen atoms in total. The number of carbonyl (C=O) groups is 1. The lowest BCUT2D eigenvalue weighted by molar-refractivity contribution is -0.384. The van der Waals surface area contributed by atoms with Crippen molar-refractivity contribution in [2.45, 2.75) is 19.3 Å². The molecule has 2 aromatic carbocycles. The number of allylic oxidation sites excluding steroid dienone is 1. The van der Waals surface area contributed by atoms with Crippen molar-refractivity contribution in [1.82, 2.24) is 0 Å². The Hall–Kier alpha value is -2.75. The van der Waals surface area contributed by atoms with Crippen LogP contribution >= 0.6 is 0 Å². The van der Waals surface area contributed by atoms with E-state index in [4.69, 9.17) is 0 Å². The van der Waals surface area contributed by atoms with E-state index in [-0.39, 0.29) is 11.5 Å². The van der Waals surface area contributed by atoms with Gasteiger partial charge in [0.25, 0.3) is 5.69 Å². The number of nitro groups is 1. The van der Waals surface area contributed by atoms with Crippen LogP contribution < -0.4 is 0 Å². The number of nitro benzene ring substituents is 1. The molecule has 0 spiro atoms. The molecule has 0 saturated carbocycles. The number of ketones is 1. The number of carbonyl (C=O) groups excluding carboxylic acids is 1. The van der Waals surface area contributed by atoms with Crippen LogP contribution in [0.2, 0.25) is 0 Å². The average molecular weight is 293 g/mol. The molecule has 0 heterocycles. The molecular weight excluding hydrogens is 278 g/mol. The van der Waals surface area contributed by atoms with Gasteiger partial charge in [0.05, 0.1) is 4.92 Å². The Bertz CT molecular complexity index is 778. The Morgan fingerprint density at radius 1 is 1.09 bits per heavy atom. The van der Waals surface area contributed by atoms with Gasteiger partial charge in [-0.05, 0) is 48.1 Å². The second-order valence-corrected chi connectivity index (χ2v) is 5.39.